The van der Waals surface area contributed by atoms with Gasteiger partial charge in [0.05, 0.1) is 6.04 Å². The van der Waals surface area contributed by atoms with Crippen molar-refractivity contribution in [2.24, 2.45) is 7.05 Å². The normalized spacial score (nSPS) is 19.0. The molecule has 19 heavy (non-hydrogen) atoms. The standard InChI is InChI=1S/C12H14N4O2S/c1-14-8-13-11(16(17)18)12(14)15-6-2-4-9(15)10-5-3-7-19-10/h3,5,7-9H,2,4,6H2,1H3. The topological polar surface area (TPSA) is 64.2 Å². The Balaban J connectivity index is 2.01. The van der Waals surface area contributed by atoms with Crippen LogP contribution in [0.3, 0.4) is 0 Å². The summed E-state index contributed by atoms with van der Waals surface area (Å²) in [7, 11) is 1.80. The minimum absolute atomic E-state index is 0.0500. The van der Waals surface area contributed by atoms with Crippen molar-refractivity contribution in [1.29, 1.82) is 0 Å². The maximum absolute atomic E-state index is 11.1. The molecule has 1 unspecified atom stereocenters. The van der Waals surface area contributed by atoms with Gasteiger partial charge in [-0.25, -0.2) is 0 Å². The molecule has 6 nitrogen and oxygen atoms in total. The van der Waals surface area contributed by atoms with Crippen molar-refractivity contribution in [1.82, 2.24) is 9.55 Å². The van der Waals surface area contributed by atoms with Gasteiger partial charge in [0.25, 0.3) is 0 Å². The van der Waals surface area contributed by atoms with Gasteiger partial charge in [0.2, 0.25) is 12.1 Å². The quantitative estimate of drug-likeness (QED) is 0.639. The molecule has 1 fully saturated rings. The van der Waals surface area contributed by atoms with Gasteiger partial charge in [0.15, 0.2) is 0 Å². The first-order valence-electron chi connectivity index (χ1n) is 6.14. The first-order valence-corrected chi connectivity index (χ1v) is 7.02. The molecule has 2 aromatic heterocycles. The number of thiophene rings is 1. The molecule has 0 aliphatic carbocycles. The lowest BCUT2D eigenvalue weighted by Gasteiger charge is -2.24. The summed E-state index contributed by atoms with van der Waals surface area (Å²) >= 11 is 1.70. The van der Waals surface area contributed by atoms with Crippen LogP contribution >= 0.6 is 11.3 Å². The van der Waals surface area contributed by atoms with E-state index in [4.69, 9.17) is 0 Å². The zero-order valence-electron chi connectivity index (χ0n) is 10.5. The van der Waals surface area contributed by atoms with E-state index in [0.717, 1.165) is 19.4 Å². The van der Waals surface area contributed by atoms with Crippen molar-refractivity contribution in [2.75, 3.05) is 11.4 Å². The van der Waals surface area contributed by atoms with Gasteiger partial charge in [0.1, 0.15) is 0 Å². The molecular weight excluding hydrogens is 264 g/mol. The fourth-order valence-electron chi connectivity index (χ4n) is 2.67. The Morgan fingerprint density at radius 1 is 1.58 bits per heavy atom. The second kappa shape index (κ2) is 4.65. The van der Waals surface area contributed by atoms with Crippen molar-refractivity contribution in [3.63, 3.8) is 0 Å². The highest BCUT2D eigenvalue weighted by Gasteiger charge is 2.34. The largest absolute Gasteiger partial charge is 0.406 e. The smallest absolute Gasteiger partial charge is 0.358 e. The van der Waals surface area contributed by atoms with E-state index in [0.29, 0.717) is 5.82 Å². The van der Waals surface area contributed by atoms with Gasteiger partial charge >= 0.3 is 5.82 Å². The average molecular weight is 278 g/mol. The zero-order valence-corrected chi connectivity index (χ0v) is 11.3. The fraction of sp³-hybridized carbons (Fsp3) is 0.417. The molecule has 0 radical (unpaired) electrons. The van der Waals surface area contributed by atoms with Crippen LogP contribution in [0.15, 0.2) is 23.8 Å². The lowest BCUT2D eigenvalue weighted by atomic mass is 10.2. The number of nitrogens with zero attached hydrogens (tertiary/aromatic N) is 4. The molecule has 0 saturated carbocycles. The lowest BCUT2D eigenvalue weighted by molar-refractivity contribution is -0.388. The summed E-state index contributed by atoms with van der Waals surface area (Å²) in [5.74, 6) is 0.562. The Bertz CT molecular complexity index is 593. The van der Waals surface area contributed by atoms with Crippen LogP contribution in [0.25, 0.3) is 0 Å². The molecular formula is C12H14N4O2S. The summed E-state index contributed by atoms with van der Waals surface area (Å²) in [6.45, 7) is 0.836. The third-order valence-electron chi connectivity index (χ3n) is 3.46. The van der Waals surface area contributed by atoms with E-state index in [2.05, 4.69) is 16.0 Å². The van der Waals surface area contributed by atoms with Crippen LogP contribution in [0, 0.1) is 10.1 Å². The molecule has 3 rings (SSSR count). The molecule has 7 heteroatoms. The van der Waals surface area contributed by atoms with Gasteiger partial charge in [-0.2, -0.15) is 0 Å². The Hall–Kier alpha value is -1.89. The maximum atomic E-state index is 11.1. The summed E-state index contributed by atoms with van der Waals surface area (Å²) in [6, 6.07) is 4.35. The van der Waals surface area contributed by atoms with Gasteiger partial charge in [-0.1, -0.05) is 6.07 Å². The summed E-state index contributed by atoms with van der Waals surface area (Å²) in [6.07, 6.45) is 3.59. The number of aromatic nitrogens is 2. The number of aryl methyl sites for hydroxylation is 1. The molecule has 0 spiro atoms. The van der Waals surface area contributed by atoms with Crippen molar-refractivity contribution >= 4 is 23.0 Å². The predicted molar refractivity (Wildman–Crippen MR) is 73.5 cm³/mol. The number of rotatable bonds is 3. The molecule has 0 aromatic carbocycles. The third kappa shape index (κ3) is 1.99. The van der Waals surface area contributed by atoms with Crippen LogP contribution in [-0.4, -0.2) is 21.0 Å². The highest BCUT2D eigenvalue weighted by atomic mass is 32.1. The van der Waals surface area contributed by atoms with Crippen molar-refractivity contribution in [2.45, 2.75) is 18.9 Å². The van der Waals surface area contributed by atoms with E-state index in [1.165, 1.54) is 11.2 Å². The van der Waals surface area contributed by atoms with Crippen LogP contribution < -0.4 is 4.90 Å². The highest BCUT2D eigenvalue weighted by Crippen LogP contribution is 2.40. The zero-order chi connectivity index (χ0) is 13.4. The van der Waals surface area contributed by atoms with Crippen LogP contribution in [0.1, 0.15) is 23.8 Å². The van der Waals surface area contributed by atoms with Crippen molar-refractivity contribution in [3.05, 3.63) is 38.8 Å². The molecule has 100 valence electrons. The second-order valence-electron chi connectivity index (χ2n) is 4.63. The fourth-order valence-corrected chi connectivity index (χ4v) is 3.54. The summed E-state index contributed by atoms with van der Waals surface area (Å²) < 4.78 is 1.74. The summed E-state index contributed by atoms with van der Waals surface area (Å²) in [4.78, 5) is 18.0. The molecule has 2 aromatic rings. The van der Waals surface area contributed by atoms with Crippen molar-refractivity contribution in [3.8, 4) is 0 Å². The molecule has 1 saturated heterocycles. The van der Waals surface area contributed by atoms with E-state index in [9.17, 15) is 10.1 Å². The minimum atomic E-state index is -0.404. The average Bonchev–Trinajstić information content (AvgIpc) is 3.06. The van der Waals surface area contributed by atoms with Crippen LogP contribution in [0.5, 0.6) is 0 Å². The summed E-state index contributed by atoms with van der Waals surface area (Å²) in [5, 5.41) is 13.1. The van der Waals surface area contributed by atoms with Gasteiger partial charge < -0.3 is 15.0 Å². The predicted octanol–water partition coefficient (Wildman–Crippen LogP) is 2.73. The molecule has 0 amide bonds. The Morgan fingerprint density at radius 2 is 2.42 bits per heavy atom. The molecule has 1 atom stereocenters. The van der Waals surface area contributed by atoms with E-state index >= 15 is 0 Å². The first kappa shape index (κ1) is 12.2. The van der Waals surface area contributed by atoms with E-state index in [1.807, 2.05) is 11.4 Å². The molecule has 0 bridgehead atoms. The number of hydrogen-bond donors (Lipinski definition) is 0. The number of anilines is 1. The van der Waals surface area contributed by atoms with Crippen LogP contribution in [0.4, 0.5) is 11.6 Å². The van der Waals surface area contributed by atoms with Crippen LogP contribution in [0.2, 0.25) is 0 Å². The Kier molecular flexibility index (Phi) is 2.98. The van der Waals surface area contributed by atoms with Gasteiger partial charge in [0, 0.05) is 18.5 Å². The van der Waals surface area contributed by atoms with Gasteiger partial charge in [-0.3, -0.25) is 4.57 Å². The molecule has 3 heterocycles. The van der Waals surface area contributed by atoms with Crippen LogP contribution in [-0.2, 0) is 7.05 Å². The van der Waals surface area contributed by atoms with E-state index < -0.39 is 4.92 Å². The van der Waals surface area contributed by atoms with E-state index in [1.54, 1.807) is 23.0 Å². The number of nitro groups is 1. The SMILES string of the molecule is Cn1cnc([N+](=O)[O-])c1N1CCCC1c1cccs1. The first-order chi connectivity index (χ1) is 9.18. The monoisotopic (exact) mass is 278 g/mol. The lowest BCUT2D eigenvalue weighted by Crippen LogP contribution is -2.24. The molecule has 1 aliphatic rings. The maximum Gasteiger partial charge on any atom is 0.406 e. The Morgan fingerprint density at radius 3 is 3.11 bits per heavy atom. The number of hydrogen-bond acceptors (Lipinski definition) is 5. The van der Waals surface area contributed by atoms with Gasteiger partial charge in [-0.15, -0.1) is 11.3 Å². The van der Waals surface area contributed by atoms with Crippen molar-refractivity contribution < 1.29 is 4.92 Å². The highest BCUT2D eigenvalue weighted by molar-refractivity contribution is 7.10. The second-order valence-corrected chi connectivity index (χ2v) is 5.61. The number of imidazole rings is 1. The minimum Gasteiger partial charge on any atom is -0.358 e. The third-order valence-corrected chi connectivity index (χ3v) is 4.43. The van der Waals surface area contributed by atoms with E-state index in [-0.39, 0.29) is 11.9 Å². The Labute approximate surface area is 114 Å². The molecule has 1 aliphatic heterocycles. The summed E-state index contributed by atoms with van der Waals surface area (Å²) in [5.41, 5.74) is 0. The van der Waals surface area contributed by atoms with Gasteiger partial charge in [-0.05, 0) is 34.2 Å². The molecule has 0 N–H and O–H groups in total.